The lowest BCUT2D eigenvalue weighted by Crippen LogP contribution is -2.02. The second-order valence-electron chi connectivity index (χ2n) is 4.45. The number of rotatable bonds is 3. The van der Waals surface area contributed by atoms with Gasteiger partial charge in [0.25, 0.3) is 0 Å². The van der Waals surface area contributed by atoms with E-state index in [0.29, 0.717) is 0 Å². The molecule has 1 aromatic heterocycles. The molecule has 0 saturated carbocycles. The van der Waals surface area contributed by atoms with Gasteiger partial charge in [0.15, 0.2) is 0 Å². The van der Waals surface area contributed by atoms with Crippen LogP contribution in [-0.2, 0) is 13.0 Å². The molecule has 0 bridgehead atoms. The van der Waals surface area contributed by atoms with Crippen LogP contribution in [0.3, 0.4) is 0 Å². The Morgan fingerprint density at radius 1 is 1.25 bits per heavy atom. The smallest absolute Gasteiger partial charge is 0.0488 e. The molecule has 0 spiro atoms. The fourth-order valence-corrected chi connectivity index (χ4v) is 2.52. The molecule has 0 aliphatic heterocycles. The molecule has 0 aliphatic rings. The first kappa shape index (κ1) is 11.2. The standard InChI is InChI=1S/C14H20N2/c1-4-16-9-12(5-6-15)14-11(3)7-10(2)8-13(14)16/h7-9H,4-6,15H2,1-3H3. The van der Waals surface area contributed by atoms with Gasteiger partial charge in [0.05, 0.1) is 0 Å². The van der Waals surface area contributed by atoms with Crippen molar-refractivity contribution >= 4 is 10.9 Å². The van der Waals surface area contributed by atoms with E-state index in [0.717, 1.165) is 19.5 Å². The number of aromatic nitrogens is 1. The number of hydrogen-bond donors (Lipinski definition) is 1. The monoisotopic (exact) mass is 216 g/mol. The Bertz CT molecular complexity index is 509. The largest absolute Gasteiger partial charge is 0.347 e. The highest BCUT2D eigenvalue weighted by molar-refractivity contribution is 5.88. The highest BCUT2D eigenvalue weighted by atomic mass is 14.9. The molecule has 0 radical (unpaired) electrons. The minimum Gasteiger partial charge on any atom is -0.347 e. The highest BCUT2D eigenvalue weighted by Gasteiger charge is 2.09. The number of nitrogens with two attached hydrogens (primary N) is 1. The van der Waals surface area contributed by atoms with Crippen molar-refractivity contribution in [2.45, 2.75) is 33.7 Å². The van der Waals surface area contributed by atoms with Crippen molar-refractivity contribution in [1.29, 1.82) is 0 Å². The minimum absolute atomic E-state index is 0.718. The van der Waals surface area contributed by atoms with Gasteiger partial charge in [-0.15, -0.1) is 0 Å². The normalized spacial score (nSPS) is 11.2. The summed E-state index contributed by atoms with van der Waals surface area (Å²) in [5, 5.41) is 1.40. The zero-order chi connectivity index (χ0) is 11.7. The maximum atomic E-state index is 5.67. The van der Waals surface area contributed by atoms with Crippen molar-refractivity contribution in [3.8, 4) is 0 Å². The Kier molecular flexibility index (Phi) is 3.01. The van der Waals surface area contributed by atoms with Crippen LogP contribution in [0.5, 0.6) is 0 Å². The summed E-state index contributed by atoms with van der Waals surface area (Å²) in [6.07, 6.45) is 3.22. The Morgan fingerprint density at radius 2 is 2.00 bits per heavy atom. The van der Waals surface area contributed by atoms with Gasteiger partial charge in [-0.05, 0) is 56.5 Å². The van der Waals surface area contributed by atoms with E-state index in [-0.39, 0.29) is 0 Å². The van der Waals surface area contributed by atoms with E-state index in [1.165, 1.54) is 27.6 Å². The lowest BCUT2D eigenvalue weighted by Gasteiger charge is -2.04. The Balaban J connectivity index is 2.74. The van der Waals surface area contributed by atoms with Gasteiger partial charge in [-0.2, -0.15) is 0 Å². The molecule has 2 nitrogen and oxygen atoms in total. The van der Waals surface area contributed by atoms with Crippen molar-refractivity contribution in [3.05, 3.63) is 35.0 Å². The second kappa shape index (κ2) is 4.30. The van der Waals surface area contributed by atoms with Crippen molar-refractivity contribution in [1.82, 2.24) is 4.57 Å². The van der Waals surface area contributed by atoms with E-state index in [1.807, 2.05) is 0 Å². The quantitative estimate of drug-likeness (QED) is 0.840. The Morgan fingerprint density at radius 3 is 2.62 bits per heavy atom. The van der Waals surface area contributed by atoms with Gasteiger partial charge >= 0.3 is 0 Å². The molecule has 0 atom stereocenters. The third kappa shape index (κ3) is 1.74. The average Bonchev–Trinajstić information content (AvgIpc) is 2.57. The zero-order valence-electron chi connectivity index (χ0n) is 10.4. The maximum Gasteiger partial charge on any atom is 0.0488 e. The van der Waals surface area contributed by atoms with E-state index in [1.54, 1.807) is 0 Å². The van der Waals surface area contributed by atoms with E-state index in [4.69, 9.17) is 5.73 Å². The van der Waals surface area contributed by atoms with Gasteiger partial charge in [-0.25, -0.2) is 0 Å². The molecule has 1 heterocycles. The van der Waals surface area contributed by atoms with Crippen LogP contribution in [0.2, 0.25) is 0 Å². The lowest BCUT2D eigenvalue weighted by molar-refractivity contribution is 0.790. The van der Waals surface area contributed by atoms with E-state index < -0.39 is 0 Å². The van der Waals surface area contributed by atoms with E-state index in [2.05, 4.69) is 43.7 Å². The number of fused-ring (bicyclic) bond motifs is 1. The maximum absolute atomic E-state index is 5.67. The Hall–Kier alpha value is -1.28. The Labute approximate surface area is 97.1 Å². The lowest BCUT2D eigenvalue weighted by atomic mass is 10.0. The second-order valence-corrected chi connectivity index (χ2v) is 4.45. The van der Waals surface area contributed by atoms with Crippen LogP contribution in [0.25, 0.3) is 10.9 Å². The number of benzene rings is 1. The first-order chi connectivity index (χ1) is 7.67. The van der Waals surface area contributed by atoms with Crippen LogP contribution in [0.1, 0.15) is 23.6 Å². The summed E-state index contributed by atoms with van der Waals surface area (Å²) in [5.41, 5.74) is 11.1. The molecule has 86 valence electrons. The van der Waals surface area contributed by atoms with Crippen molar-refractivity contribution < 1.29 is 0 Å². The molecule has 0 saturated heterocycles. The van der Waals surface area contributed by atoms with Crippen LogP contribution in [0.15, 0.2) is 18.3 Å². The van der Waals surface area contributed by atoms with Crippen molar-refractivity contribution in [2.75, 3.05) is 6.54 Å². The first-order valence-electron chi connectivity index (χ1n) is 5.96. The molecule has 2 aromatic rings. The molecule has 0 aliphatic carbocycles. The van der Waals surface area contributed by atoms with E-state index >= 15 is 0 Å². The molecular formula is C14H20N2. The summed E-state index contributed by atoms with van der Waals surface area (Å²) in [7, 11) is 0. The van der Waals surface area contributed by atoms with Gasteiger partial charge in [-0.3, -0.25) is 0 Å². The molecule has 0 amide bonds. The summed E-state index contributed by atoms with van der Waals surface area (Å²) in [5.74, 6) is 0. The van der Waals surface area contributed by atoms with E-state index in [9.17, 15) is 0 Å². The van der Waals surface area contributed by atoms with Crippen LogP contribution in [-0.4, -0.2) is 11.1 Å². The van der Waals surface area contributed by atoms with Crippen LogP contribution < -0.4 is 5.73 Å². The molecule has 16 heavy (non-hydrogen) atoms. The molecule has 2 rings (SSSR count). The SMILES string of the molecule is CCn1cc(CCN)c2c(C)cc(C)cc21. The van der Waals surface area contributed by atoms with Crippen LogP contribution >= 0.6 is 0 Å². The van der Waals surface area contributed by atoms with Crippen molar-refractivity contribution in [3.63, 3.8) is 0 Å². The third-order valence-corrected chi connectivity index (χ3v) is 3.16. The third-order valence-electron chi connectivity index (χ3n) is 3.16. The summed E-state index contributed by atoms with van der Waals surface area (Å²) >= 11 is 0. The summed E-state index contributed by atoms with van der Waals surface area (Å²) in [6.45, 7) is 8.26. The molecule has 0 unspecified atom stereocenters. The average molecular weight is 216 g/mol. The molecular weight excluding hydrogens is 196 g/mol. The summed E-state index contributed by atoms with van der Waals surface area (Å²) in [6, 6.07) is 4.52. The van der Waals surface area contributed by atoms with Gasteiger partial charge in [0.1, 0.15) is 0 Å². The van der Waals surface area contributed by atoms with Crippen molar-refractivity contribution in [2.24, 2.45) is 5.73 Å². The number of hydrogen-bond acceptors (Lipinski definition) is 1. The first-order valence-corrected chi connectivity index (χ1v) is 5.96. The summed E-state index contributed by atoms with van der Waals surface area (Å²) < 4.78 is 2.32. The van der Waals surface area contributed by atoms with Crippen LogP contribution in [0.4, 0.5) is 0 Å². The van der Waals surface area contributed by atoms with Crippen LogP contribution in [0, 0.1) is 13.8 Å². The predicted octanol–water partition coefficient (Wildman–Crippen LogP) is 2.78. The fraction of sp³-hybridized carbons (Fsp3) is 0.429. The topological polar surface area (TPSA) is 30.9 Å². The van der Waals surface area contributed by atoms with Gasteiger partial charge in [0, 0.05) is 23.6 Å². The summed E-state index contributed by atoms with van der Waals surface area (Å²) in [4.78, 5) is 0. The molecule has 0 fully saturated rings. The fourth-order valence-electron chi connectivity index (χ4n) is 2.52. The number of aryl methyl sites for hydroxylation is 3. The highest BCUT2D eigenvalue weighted by Crippen LogP contribution is 2.26. The molecule has 2 heteroatoms. The molecule has 2 N–H and O–H groups in total. The minimum atomic E-state index is 0.718. The predicted molar refractivity (Wildman–Crippen MR) is 69.8 cm³/mol. The zero-order valence-corrected chi connectivity index (χ0v) is 10.4. The molecule has 1 aromatic carbocycles. The van der Waals surface area contributed by atoms with Gasteiger partial charge in [0.2, 0.25) is 0 Å². The van der Waals surface area contributed by atoms with Gasteiger partial charge in [-0.1, -0.05) is 6.07 Å². The van der Waals surface area contributed by atoms with Gasteiger partial charge < -0.3 is 10.3 Å². The number of nitrogens with zero attached hydrogens (tertiary/aromatic N) is 1.